The Balaban J connectivity index is 0.00000462. The van der Waals surface area contributed by atoms with Gasteiger partial charge in [-0.2, -0.15) is 27.4 Å². The molecule has 0 aliphatic rings. The summed E-state index contributed by atoms with van der Waals surface area (Å²) in [4.78, 5) is 7.03. The molecule has 0 fully saturated rings. The molecule has 0 aromatic heterocycles. The van der Waals surface area contributed by atoms with Crippen molar-refractivity contribution in [3.8, 4) is 0 Å². The maximum atomic E-state index is 2.44. The maximum Gasteiger partial charge on any atom is 4.00 e. The van der Waals surface area contributed by atoms with Crippen LogP contribution < -0.4 is 72.7 Å². The molecule has 0 atom stereocenters. The van der Waals surface area contributed by atoms with Gasteiger partial charge in [-0.05, 0) is 53.0 Å². The van der Waals surface area contributed by atoms with E-state index in [9.17, 15) is 0 Å². The van der Waals surface area contributed by atoms with Gasteiger partial charge in [0.05, 0.1) is 0 Å². The summed E-state index contributed by atoms with van der Waals surface area (Å²) in [6.07, 6.45) is 0. The molecule has 4 aromatic rings. The first kappa shape index (κ1) is 42.2. The zero-order chi connectivity index (χ0) is 29.7. The van der Waals surface area contributed by atoms with Crippen molar-refractivity contribution in [3.63, 3.8) is 0 Å². The van der Waals surface area contributed by atoms with Crippen molar-refractivity contribution in [3.05, 3.63) is 93.5 Å². The van der Waals surface area contributed by atoms with Gasteiger partial charge in [0.25, 0.3) is 0 Å². The second kappa shape index (κ2) is 16.2. The van der Waals surface area contributed by atoms with E-state index in [1.807, 2.05) is 0 Å². The van der Waals surface area contributed by atoms with Crippen LogP contribution in [0.2, 0.25) is 0 Å². The number of hydrogen-bond acceptors (Lipinski definition) is 3. The van der Waals surface area contributed by atoms with Crippen LogP contribution >= 0.6 is 0 Å². The summed E-state index contributed by atoms with van der Waals surface area (Å²) < 4.78 is 0. The van der Waals surface area contributed by atoms with Crippen LogP contribution in [0.1, 0.15) is 38.9 Å². The van der Waals surface area contributed by atoms with Crippen LogP contribution in [0.3, 0.4) is 0 Å². The molecule has 44 heavy (non-hydrogen) atoms. The molecule has 0 saturated carbocycles. The van der Waals surface area contributed by atoms with Gasteiger partial charge in [-0.1, -0.05) is 82.3 Å². The van der Waals surface area contributed by atoms with Crippen molar-refractivity contribution in [2.75, 3.05) is 57.0 Å². The molecule has 0 heterocycles. The molecular formula is C36H48Cl3N3SiTi. The minimum absolute atomic E-state index is 0. The summed E-state index contributed by atoms with van der Waals surface area (Å²) in [5, 5.41) is 5.90. The van der Waals surface area contributed by atoms with Gasteiger partial charge in [0.2, 0.25) is 0 Å². The van der Waals surface area contributed by atoms with Crippen molar-refractivity contribution in [1.29, 1.82) is 0 Å². The predicted molar refractivity (Wildman–Crippen MR) is 182 cm³/mol. The Bertz CT molecular complexity index is 1410. The molecule has 8 heteroatoms. The van der Waals surface area contributed by atoms with Crippen LogP contribution in [-0.2, 0) is 21.7 Å². The van der Waals surface area contributed by atoms with Gasteiger partial charge in [0, 0.05) is 59.3 Å². The van der Waals surface area contributed by atoms with Crippen molar-refractivity contribution < 1.29 is 58.9 Å². The molecule has 3 nitrogen and oxygen atoms in total. The van der Waals surface area contributed by atoms with E-state index in [0.717, 1.165) is 0 Å². The summed E-state index contributed by atoms with van der Waals surface area (Å²) in [5.41, 5.74) is 13.7. The number of aryl methyl sites for hydroxylation is 3. The van der Waals surface area contributed by atoms with Crippen LogP contribution in [0.15, 0.2) is 54.6 Å². The van der Waals surface area contributed by atoms with E-state index >= 15 is 0 Å². The summed E-state index contributed by atoms with van der Waals surface area (Å²) >= 11 is 0. The molecule has 0 spiro atoms. The fourth-order valence-corrected chi connectivity index (χ4v) is 13.8. The van der Waals surface area contributed by atoms with Gasteiger partial charge in [-0.15, -0.1) is 0 Å². The van der Waals surface area contributed by atoms with Crippen LogP contribution in [-0.4, -0.2) is 50.4 Å². The van der Waals surface area contributed by atoms with Gasteiger partial charge in [-0.25, -0.2) is 0 Å². The Hall–Kier alpha value is -1.79. The van der Waals surface area contributed by atoms with Gasteiger partial charge in [-0.3, -0.25) is 0 Å². The van der Waals surface area contributed by atoms with Crippen LogP contribution in [0.4, 0.5) is 17.1 Å². The third kappa shape index (κ3) is 6.68. The molecule has 4 rings (SSSR count). The molecule has 0 bridgehead atoms. The maximum absolute atomic E-state index is 2.94. The molecule has 0 saturated heterocycles. The molecule has 0 unspecified atom stereocenters. The number of hydrogen-bond donors (Lipinski definition) is 0. The van der Waals surface area contributed by atoms with Crippen molar-refractivity contribution in [2.45, 2.75) is 48.5 Å². The minimum Gasteiger partial charge on any atom is -1.00 e. The second-order valence-electron chi connectivity index (χ2n) is 12.2. The van der Waals surface area contributed by atoms with Crippen molar-refractivity contribution >= 4 is 45.9 Å². The zero-order valence-electron chi connectivity index (χ0n) is 28.7. The van der Waals surface area contributed by atoms with E-state index in [-0.39, 0.29) is 58.9 Å². The smallest absolute Gasteiger partial charge is 1.00 e. The number of nitrogens with zero attached hydrogens (tertiary/aromatic N) is 3. The number of benzene rings is 3. The molecule has 0 radical (unpaired) electrons. The molecule has 0 aliphatic heterocycles. The van der Waals surface area contributed by atoms with Gasteiger partial charge in [0.15, 0.2) is 8.07 Å². The summed E-state index contributed by atoms with van der Waals surface area (Å²) in [7, 11) is 10.3. The molecule has 0 amide bonds. The molecule has 0 aliphatic carbocycles. The SMILES string of the molecule is Cc1cccc([Si](c2cccc(C)c2N(C)C)(c2cccc(C)c2N(C)C)c2c(C)c(C)c(C)[c-]2C)c1N(C)C.[Cl-].[Cl-].[Cl-].[Ti+4]. The zero-order valence-corrected chi connectivity index (χ0v) is 33.5. The average Bonchev–Trinajstić information content (AvgIpc) is 3.07. The fourth-order valence-electron chi connectivity index (χ4n) is 7.29. The Morgan fingerprint density at radius 3 is 1.02 bits per heavy atom. The van der Waals surface area contributed by atoms with E-state index in [1.54, 1.807) is 5.19 Å². The number of rotatable bonds is 7. The van der Waals surface area contributed by atoms with Gasteiger partial charge >= 0.3 is 21.7 Å². The Morgan fingerprint density at radius 2 is 0.795 bits per heavy atom. The first-order chi connectivity index (χ1) is 18.8. The number of halogens is 3. The quantitative estimate of drug-likeness (QED) is 0.111. The largest absolute Gasteiger partial charge is 4.00 e. The summed E-state index contributed by atoms with van der Waals surface area (Å²) in [6.45, 7) is 16.2. The van der Waals surface area contributed by atoms with Gasteiger partial charge < -0.3 is 51.9 Å². The Labute approximate surface area is 301 Å². The van der Waals surface area contributed by atoms with E-state index in [2.05, 4.69) is 160 Å². The minimum atomic E-state index is -2.94. The summed E-state index contributed by atoms with van der Waals surface area (Å²) in [5.74, 6) is 0. The van der Waals surface area contributed by atoms with E-state index < -0.39 is 8.07 Å². The number of para-hydroxylation sites is 3. The van der Waals surface area contributed by atoms with E-state index in [1.165, 1.54) is 71.6 Å². The van der Waals surface area contributed by atoms with Crippen molar-refractivity contribution in [2.24, 2.45) is 0 Å². The molecular weight excluding hydrogens is 657 g/mol. The molecule has 236 valence electrons. The first-order valence-corrected chi connectivity index (χ1v) is 16.3. The van der Waals surface area contributed by atoms with Crippen LogP contribution in [0, 0.1) is 48.5 Å². The first-order valence-electron chi connectivity index (χ1n) is 14.3. The molecule has 4 aromatic carbocycles. The predicted octanol–water partition coefficient (Wildman–Crippen LogP) is -3.85. The topological polar surface area (TPSA) is 9.72 Å². The second-order valence-corrected chi connectivity index (χ2v) is 15.8. The van der Waals surface area contributed by atoms with E-state index in [0.29, 0.717) is 0 Å². The number of anilines is 3. The fraction of sp³-hybridized carbons (Fsp3) is 0.361. The third-order valence-electron chi connectivity index (χ3n) is 9.08. The normalized spacial score (nSPS) is 10.6. The monoisotopic (exact) mass is 703 g/mol. The Morgan fingerprint density at radius 1 is 0.500 bits per heavy atom. The van der Waals surface area contributed by atoms with Crippen LogP contribution in [0.25, 0.3) is 0 Å². The van der Waals surface area contributed by atoms with E-state index in [4.69, 9.17) is 0 Å². The third-order valence-corrected chi connectivity index (χ3v) is 14.2. The molecule has 0 N–H and O–H groups in total. The summed E-state index contributed by atoms with van der Waals surface area (Å²) in [6, 6.07) is 21.0. The van der Waals surface area contributed by atoms with Crippen LogP contribution in [0.5, 0.6) is 0 Å². The van der Waals surface area contributed by atoms with Crippen molar-refractivity contribution in [1.82, 2.24) is 0 Å². The Kier molecular flexibility index (Phi) is 15.5. The average molecular weight is 705 g/mol. The standard InChI is InChI=1S/C36H48N3Si.3ClH.Ti/c1-23-17-14-20-30(33(23)37(8)9)40(36-28(6)26(4)27(5)29(36)7,31-21-15-18-24(2)34(31)38(10)11)32-22-16-19-25(3)35(32)39(12)13;;;;/h14-22H,1-13H3;3*1H;/q-1;;;;+4/p-3. The van der Waals surface area contributed by atoms with Gasteiger partial charge in [0.1, 0.15) is 0 Å².